The minimum atomic E-state index is -0.119. The van der Waals surface area contributed by atoms with Gasteiger partial charge in [0, 0.05) is 14.0 Å². The van der Waals surface area contributed by atoms with Crippen LogP contribution in [0, 0.1) is 0 Å². The maximum absolute atomic E-state index is 6.43. The highest BCUT2D eigenvalue weighted by Gasteiger charge is 2.12. The van der Waals surface area contributed by atoms with Crippen LogP contribution in [0.15, 0.2) is 51.4 Å². The Morgan fingerprint density at radius 3 is 2.17 bits per heavy atom. The van der Waals surface area contributed by atoms with Crippen LogP contribution >= 0.6 is 55.1 Å². The zero-order chi connectivity index (χ0) is 13.1. The van der Waals surface area contributed by atoms with Crippen LogP contribution in [0.1, 0.15) is 16.5 Å². The molecule has 0 bridgehead atoms. The Bertz CT molecular complexity index is 538. The largest absolute Gasteiger partial charge is 0.117 e. The van der Waals surface area contributed by atoms with Crippen molar-refractivity contribution in [2.24, 2.45) is 0 Å². The Morgan fingerprint density at radius 1 is 0.944 bits per heavy atom. The molecule has 1 unspecified atom stereocenters. The van der Waals surface area contributed by atoms with E-state index in [2.05, 4.69) is 44.0 Å². The van der Waals surface area contributed by atoms with E-state index < -0.39 is 0 Å². The summed E-state index contributed by atoms with van der Waals surface area (Å²) in [4.78, 5) is 0. The molecule has 2 aromatic carbocycles. The van der Waals surface area contributed by atoms with Gasteiger partial charge in [-0.15, -0.1) is 11.6 Å². The molecule has 0 spiro atoms. The Labute approximate surface area is 134 Å². The van der Waals surface area contributed by atoms with Crippen molar-refractivity contribution < 1.29 is 0 Å². The third kappa shape index (κ3) is 3.74. The fourth-order valence-electron chi connectivity index (χ4n) is 1.69. The zero-order valence-electron chi connectivity index (χ0n) is 9.34. The number of hydrogen-bond donors (Lipinski definition) is 0. The van der Waals surface area contributed by atoms with Crippen LogP contribution in [0.25, 0.3) is 0 Å². The molecule has 0 fully saturated rings. The van der Waals surface area contributed by atoms with Crippen molar-refractivity contribution >= 4 is 55.1 Å². The van der Waals surface area contributed by atoms with Crippen molar-refractivity contribution in [1.29, 1.82) is 0 Å². The van der Waals surface area contributed by atoms with E-state index in [1.165, 1.54) is 5.56 Å². The Kier molecular flexibility index (Phi) is 5.14. The first-order valence-corrected chi connectivity index (χ1v) is 7.80. The maximum atomic E-state index is 6.43. The Morgan fingerprint density at radius 2 is 1.56 bits per heavy atom. The Balaban J connectivity index is 2.16. The minimum Gasteiger partial charge on any atom is -0.117 e. The fraction of sp³-hybridized carbons (Fsp3) is 0.143. The number of alkyl halides is 1. The summed E-state index contributed by atoms with van der Waals surface area (Å²) < 4.78 is 2.03. The van der Waals surface area contributed by atoms with Gasteiger partial charge in [-0.05, 0) is 41.8 Å². The summed E-state index contributed by atoms with van der Waals surface area (Å²) in [5, 5.41) is 0.577. The van der Waals surface area contributed by atoms with Gasteiger partial charge in [0.15, 0.2) is 0 Å². The van der Waals surface area contributed by atoms with E-state index in [4.69, 9.17) is 23.2 Å². The highest BCUT2D eigenvalue weighted by Crippen LogP contribution is 2.32. The first-order chi connectivity index (χ1) is 8.56. The molecule has 0 aliphatic rings. The lowest BCUT2D eigenvalue weighted by molar-refractivity contribution is 0.919. The molecule has 2 aromatic rings. The predicted octanol–water partition coefficient (Wildman–Crippen LogP) is 6.39. The average Bonchev–Trinajstić information content (AvgIpc) is 2.32. The lowest BCUT2D eigenvalue weighted by Gasteiger charge is -2.12. The molecule has 0 aliphatic carbocycles. The van der Waals surface area contributed by atoms with Gasteiger partial charge in [-0.25, -0.2) is 0 Å². The molecule has 0 heterocycles. The van der Waals surface area contributed by atoms with E-state index in [1.807, 2.05) is 30.3 Å². The molecule has 0 radical (unpaired) electrons. The predicted molar refractivity (Wildman–Crippen MR) is 85.6 cm³/mol. The van der Waals surface area contributed by atoms with E-state index in [0.29, 0.717) is 5.02 Å². The molecular weight excluding hydrogens is 399 g/mol. The summed E-state index contributed by atoms with van der Waals surface area (Å²) in [6.07, 6.45) is 0.760. The highest BCUT2D eigenvalue weighted by atomic mass is 79.9. The first-order valence-electron chi connectivity index (χ1n) is 5.40. The molecule has 94 valence electrons. The minimum absolute atomic E-state index is 0.119. The van der Waals surface area contributed by atoms with Crippen molar-refractivity contribution in [3.63, 3.8) is 0 Å². The van der Waals surface area contributed by atoms with Gasteiger partial charge in [0.05, 0.1) is 5.38 Å². The molecule has 0 aromatic heterocycles. The van der Waals surface area contributed by atoms with Crippen LogP contribution in [0.5, 0.6) is 0 Å². The third-order valence-corrected chi connectivity index (χ3v) is 4.37. The van der Waals surface area contributed by atoms with E-state index in [0.717, 1.165) is 20.9 Å². The molecule has 1 atom stereocenters. The molecule has 2 rings (SSSR count). The van der Waals surface area contributed by atoms with Crippen LogP contribution in [0.4, 0.5) is 0 Å². The Hall–Kier alpha value is -0.0200. The molecule has 0 N–H and O–H groups in total. The molecule has 0 saturated carbocycles. The van der Waals surface area contributed by atoms with Gasteiger partial charge in [0.1, 0.15) is 0 Å². The highest BCUT2D eigenvalue weighted by molar-refractivity contribution is 9.10. The van der Waals surface area contributed by atoms with E-state index in [1.54, 1.807) is 0 Å². The third-order valence-electron chi connectivity index (χ3n) is 2.63. The topological polar surface area (TPSA) is 0 Å². The second kappa shape index (κ2) is 6.42. The second-order valence-electron chi connectivity index (χ2n) is 3.96. The SMILES string of the molecule is Clc1cc(Br)ccc1C(Cl)Cc1ccc(Br)cc1. The van der Waals surface area contributed by atoms with Crippen molar-refractivity contribution in [1.82, 2.24) is 0 Å². The summed E-state index contributed by atoms with van der Waals surface area (Å²) >= 11 is 19.4. The standard InChI is InChI=1S/C14H10Br2Cl2/c15-10-3-1-9(2-4-10)7-13(17)12-6-5-11(16)8-14(12)18/h1-6,8,13H,7H2. The normalized spacial score (nSPS) is 12.4. The lowest BCUT2D eigenvalue weighted by atomic mass is 10.0. The fourth-order valence-corrected chi connectivity index (χ4v) is 3.19. The van der Waals surface area contributed by atoms with Gasteiger partial charge in [-0.3, -0.25) is 0 Å². The summed E-state index contributed by atoms with van der Waals surface area (Å²) in [5.41, 5.74) is 2.15. The molecule has 0 nitrogen and oxygen atoms in total. The van der Waals surface area contributed by atoms with Gasteiger partial charge in [0.25, 0.3) is 0 Å². The average molecular weight is 409 g/mol. The number of hydrogen-bond acceptors (Lipinski definition) is 0. The van der Waals surface area contributed by atoms with Crippen molar-refractivity contribution in [3.8, 4) is 0 Å². The van der Waals surface area contributed by atoms with Crippen molar-refractivity contribution in [2.75, 3.05) is 0 Å². The zero-order valence-corrected chi connectivity index (χ0v) is 14.0. The number of benzene rings is 2. The van der Waals surface area contributed by atoms with Crippen LogP contribution in [0.2, 0.25) is 5.02 Å². The number of rotatable bonds is 3. The second-order valence-corrected chi connectivity index (χ2v) is 6.73. The van der Waals surface area contributed by atoms with Crippen LogP contribution < -0.4 is 0 Å². The van der Waals surface area contributed by atoms with Crippen molar-refractivity contribution in [2.45, 2.75) is 11.8 Å². The summed E-state index contributed by atoms with van der Waals surface area (Å²) in [6, 6.07) is 13.9. The first kappa shape index (κ1) is 14.4. The lowest BCUT2D eigenvalue weighted by Crippen LogP contribution is -1.96. The van der Waals surface area contributed by atoms with Crippen LogP contribution in [-0.4, -0.2) is 0 Å². The molecule has 4 heteroatoms. The molecule has 0 amide bonds. The monoisotopic (exact) mass is 406 g/mol. The molecule has 18 heavy (non-hydrogen) atoms. The van der Waals surface area contributed by atoms with E-state index in [9.17, 15) is 0 Å². The number of halogens is 4. The maximum Gasteiger partial charge on any atom is 0.0640 e. The summed E-state index contributed by atoms with van der Waals surface area (Å²) in [7, 11) is 0. The molecule has 0 aliphatic heterocycles. The smallest absolute Gasteiger partial charge is 0.0640 e. The van der Waals surface area contributed by atoms with Crippen LogP contribution in [-0.2, 0) is 6.42 Å². The van der Waals surface area contributed by atoms with Gasteiger partial charge < -0.3 is 0 Å². The van der Waals surface area contributed by atoms with Gasteiger partial charge in [-0.1, -0.05) is 61.7 Å². The quantitative estimate of drug-likeness (QED) is 0.516. The van der Waals surface area contributed by atoms with E-state index >= 15 is 0 Å². The van der Waals surface area contributed by atoms with Gasteiger partial charge in [-0.2, -0.15) is 0 Å². The van der Waals surface area contributed by atoms with Gasteiger partial charge >= 0.3 is 0 Å². The molecule has 0 saturated heterocycles. The molecular formula is C14H10Br2Cl2. The summed E-state index contributed by atoms with van der Waals surface area (Å²) in [5.74, 6) is 0. The van der Waals surface area contributed by atoms with E-state index in [-0.39, 0.29) is 5.38 Å². The van der Waals surface area contributed by atoms with Crippen molar-refractivity contribution in [3.05, 3.63) is 67.6 Å². The van der Waals surface area contributed by atoms with Crippen LogP contribution in [0.3, 0.4) is 0 Å². The summed E-state index contributed by atoms with van der Waals surface area (Å²) in [6.45, 7) is 0. The van der Waals surface area contributed by atoms with Gasteiger partial charge in [0.2, 0.25) is 0 Å².